The van der Waals surface area contributed by atoms with Crippen LogP contribution in [0.5, 0.6) is 0 Å². The van der Waals surface area contributed by atoms with Gasteiger partial charge in [0.05, 0.1) is 0 Å². The summed E-state index contributed by atoms with van der Waals surface area (Å²) in [5.41, 5.74) is 0. The van der Waals surface area contributed by atoms with Crippen molar-refractivity contribution in [3.8, 4) is 0 Å². The van der Waals surface area contributed by atoms with Crippen LogP contribution in [-0.4, -0.2) is 24.5 Å². The van der Waals surface area contributed by atoms with Crippen LogP contribution in [0.1, 0.15) is 41.0 Å². The highest BCUT2D eigenvalue weighted by atomic mass is 15.1. The minimum atomic E-state index is 0.801. The van der Waals surface area contributed by atoms with Gasteiger partial charge in [-0.25, -0.2) is 0 Å². The molecule has 1 nitrogen and oxygen atoms in total. The Morgan fingerprint density at radius 3 is 1.58 bits per heavy atom. The molecule has 0 bridgehead atoms. The molecule has 0 spiro atoms. The molecule has 1 heteroatoms. The zero-order valence-corrected chi connectivity index (χ0v) is 9.43. The van der Waals surface area contributed by atoms with Gasteiger partial charge in [0.2, 0.25) is 0 Å². The first-order valence-electron chi connectivity index (χ1n) is 5.28. The number of hydrogen-bond donors (Lipinski definition) is 0. The van der Waals surface area contributed by atoms with E-state index < -0.39 is 0 Å². The third-order valence-corrected chi connectivity index (χ3v) is 1.79. The zero-order chi connectivity index (χ0) is 9.56. The topological polar surface area (TPSA) is 3.24 Å². The van der Waals surface area contributed by atoms with Crippen molar-refractivity contribution in [2.24, 2.45) is 11.8 Å². The van der Waals surface area contributed by atoms with Crippen LogP contribution in [0.2, 0.25) is 0 Å². The van der Waals surface area contributed by atoms with Gasteiger partial charge in [0.1, 0.15) is 0 Å². The molecule has 0 aliphatic carbocycles. The van der Waals surface area contributed by atoms with Crippen LogP contribution in [0, 0.1) is 11.8 Å². The van der Waals surface area contributed by atoms with Crippen molar-refractivity contribution in [2.45, 2.75) is 41.0 Å². The molecule has 0 unspecified atom stereocenters. The second kappa shape index (κ2) is 6.47. The predicted molar refractivity (Wildman–Crippen MR) is 56.4 cm³/mol. The molecule has 0 aliphatic rings. The number of nitrogens with zero attached hydrogens (tertiary/aromatic N) is 1. The SMILES string of the molecule is CCCN(CC(C)C)CC(C)C. The van der Waals surface area contributed by atoms with Crippen LogP contribution in [0.3, 0.4) is 0 Å². The summed E-state index contributed by atoms with van der Waals surface area (Å²) in [6, 6.07) is 0. The summed E-state index contributed by atoms with van der Waals surface area (Å²) in [5, 5.41) is 0. The first-order chi connectivity index (χ1) is 5.56. The predicted octanol–water partition coefficient (Wildman–Crippen LogP) is 3.01. The summed E-state index contributed by atoms with van der Waals surface area (Å²) >= 11 is 0. The molecule has 0 radical (unpaired) electrons. The van der Waals surface area contributed by atoms with Gasteiger partial charge in [-0.3, -0.25) is 0 Å². The van der Waals surface area contributed by atoms with Crippen molar-refractivity contribution in [3.05, 3.63) is 0 Å². The molecule has 12 heavy (non-hydrogen) atoms. The van der Waals surface area contributed by atoms with Gasteiger partial charge in [0.15, 0.2) is 0 Å². The van der Waals surface area contributed by atoms with Crippen LogP contribution < -0.4 is 0 Å². The Kier molecular flexibility index (Phi) is 6.45. The zero-order valence-electron chi connectivity index (χ0n) is 9.43. The summed E-state index contributed by atoms with van der Waals surface area (Å²) < 4.78 is 0. The highest BCUT2D eigenvalue weighted by Crippen LogP contribution is 2.03. The highest BCUT2D eigenvalue weighted by molar-refractivity contribution is 4.61. The van der Waals surface area contributed by atoms with E-state index in [1.54, 1.807) is 0 Å². The molecule has 0 heterocycles. The Bertz CT molecular complexity index is 87.2. The van der Waals surface area contributed by atoms with Gasteiger partial charge in [0.25, 0.3) is 0 Å². The van der Waals surface area contributed by atoms with Gasteiger partial charge in [-0.15, -0.1) is 0 Å². The summed E-state index contributed by atoms with van der Waals surface area (Å²) in [5.74, 6) is 1.60. The fourth-order valence-corrected chi connectivity index (χ4v) is 1.61. The Morgan fingerprint density at radius 1 is 0.917 bits per heavy atom. The fourth-order valence-electron chi connectivity index (χ4n) is 1.61. The standard InChI is InChI=1S/C11H25N/c1-6-7-12(8-10(2)3)9-11(4)5/h10-11H,6-9H2,1-5H3. The third kappa shape index (κ3) is 6.66. The molecule has 0 aromatic rings. The fraction of sp³-hybridized carbons (Fsp3) is 1.00. The molecule has 0 saturated carbocycles. The average molecular weight is 171 g/mol. The largest absolute Gasteiger partial charge is 0.303 e. The molecule has 0 N–H and O–H groups in total. The second-order valence-corrected chi connectivity index (χ2v) is 4.55. The molecule has 0 aliphatic heterocycles. The molecule has 0 saturated heterocycles. The van der Waals surface area contributed by atoms with Crippen molar-refractivity contribution in [1.82, 2.24) is 4.90 Å². The van der Waals surface area contributed by atoms with E-state index in [1.807, 2.05) is 0 Å². The molecule has 0 rings (SSSR count). The Balaban J connectivity index is 3.69. The molecule has 0 amide bonds. The van der Waals surface area contributed by atoms with Crippen molar-refractivity contribution in [1.29, 1.82) is 0 Å². The Labute approximate surface area is 78.1 Å². The van der Waals surface area contributed by atoms with Gasteiger partial charge in [0, 0.05) is 13.1 Å². The molecular weight excluding hydrogens is 146 g/mol. The smallest absolute Gasteiger partial charge is 0.000449 e. The lowest BCUT2D eigenvalue weighted by molar-refractivity contribution is 0.220. The summed E-state index contributed by atoms with van der Waals surface area (Å²) in [4.78, 5) is 2.58. The van der Waals surface area contributed by atoms with Crippen molar-refractivity contribution >= 4 is 0 Å². The third-order valence-electron chi connectivity index (χ3n) is 1.79. The second-order valence-electron chi connectivity index (χ2n) is 4.55. The molecule has 74 valence electrons. The van der Waals surface area contributed by atoms with Gasteiger partial charge in [-0.05, 0) is 24.8 Å². The van der Waals surface area contributed by atoms with E-state index in [9.17, 15) is 0 Å². The summed E-state index contributed by atoms with van der Waals surface area (Å²) in [6.45, 7) is 15.2. The first kappa shape index (κ1) is 12.0. The highest BCUT2D eigenvalue weighted by Gasteiger charge is 2.07. The molecule has 0 aromatic carbocycles. The minimum Gasteiger partial charge on any atom is -0.303 e. The van der Waals surface area contributed by atoms with Crippen molar-refractivity contribution in [3.63, 3.8) is 0 Å². The molecule has 0 atom stereocenters. The first-order valence-corrected chi connectivity index (χ1v) is 5.28. The quantitative estimate of drug-likeness (QED) is 0.594. The van der Waals surface area contributed by atoms with E-state index in [1.165, 1.54) is 26.1 Å². The van der Waals surface area contributed by atoms with Crippen molar-refractivity contribution in [2.75, 3.05) is 19.6 Å². The Morgan fingerprint density at radius 2 is 1.33 bits per heavy atom. The minimum absolute atomic E-state index is 0.801. The molecular formula is C11H25N. The van der Waals surface area contributed by atoms with E-state index in [-0.39, 0.29) is 0 Å². The lowest BCUT2D eigenvalue weighted by atomic mass is 10.1. The lowest BCUT2D eigenvalue weighted by Gasteiger charge is -2.25. The average Bonchev–Trinajstić information content (AvgIpc) is 1.84. The van der Waals surface area contributed by atoms with Gasteiger partial charge >= 0.3 is 0 Å². The lowest BCUT2D eigenvalue weighted by Crippen LogP contribution is -2.31. The molecule has 0 fully saturated rings. The van der Waals surface area contributed by atoms with Gasteiger partial charge < -0.3 is 4.90 Å². The van der Waals surface area contributed by atoms with Crippen LogP contribution in [0.25, 0.3) is 0 Å². The van der Waals surface area contributed by atoms with Crippen LogP contribution in [0.15, 0.2) is 0 Å². The number of hydrogen-bond acceptors (Lipinski definition) is 1. The Hall–Kier alpha value is -0.0400. The van der Waals surface area contributed by atoms with E-state index >= 15 is 0 Å². The van der Waals surface area contributed by atoms with Crippen LogP contribution >= 0.6 is 0 Å². The maximum absolute atomic E-state index is 2.58. The van der Waals surface area contributed by atoms with Crippen LogP contribution in [-0.2, 0) is 0 Å². The van der Waals surface area contributed by atoms with Gasteiger partial charge in [-0.1, -0.05) is 34.6 Å². The van der Waals surface area contributed by atoms with E-state index in [2.05, 4.69) is 39.5 Å². The summed E-state index contributed by atoms with van der Waals surface area (Å²) in [6.07, 6.45) is 1.28. The normalized spacial score (nSPS) is 12.0. The maximum atomic E-state index is 2.58. The summed E-state index contributed by atoms with van der Waals surface area (Å²) in [7, 11) is 0. The van der Waals surface area contributed by atoms with Crippen molar-refractivity contribution < 1.29 is 0 Å². The monoisotopic (exact) mass is 171 g/mol. The van der Waals surface area contributed by atoms with E-state index in [0.29, 0.717) is 0 Å². The van der Waals surface area contributed by atoms with Crippen LogP contribution in [0.4, 0.5) is 0 Å². The van der Waals surface area contributed by atoms with E-state index in [0.717, 1.165) is 11.8 Å². The maximum Gasteiger partial charge on any atom is 0.000449 e. The number of rotatable bonds is 6. The van der Waals surface area contributed by atoms with Gasteiger partial charge in [-0.2, -0.15) is 0 Å². The van der Waals surface area contributed by atoms with E-state index in [4.69, 9.17) is 0 Å². The molecule has 0 aromatic heterocycles.